The fourth-order valence-electron chi connectivity index (χ4n) is 3.51. The third kappa shape index (κ3) is 2.80. The Labute approximate surface area is 160 Å². The Morgan fingerprint density at radius 2 is 1.56 bits per heavy atom. The molecule has 27 heavy (non-hydrogen) atoms. The van der Waals surface area contributed by atoms with E-state index < -0.39 is 11.2 Å². The van der Waals surface area contributed by atoms with Crippen LogP contribution < -0.4 is 5.46 Å². The van der Waals surface area contributed by atoms with E-state index >= 15 is 0 Å². The zero-order valence-electron chi connectivity index (χ0n) is 16.2. The summed E-state index contributed by atoms with van der Waals surface area (Å²) in [5, 5.41) is 12.4. The molecule has 136 valence electrons. The molecule has 3 aromatic rings. The Bertz CT molecular complexity index is 1060. The lowest BCUT2D eigenvalue weighted by molar-refractivity contribution is -0.0893. The molecular weight excluding hydrogens is 335 g/mol. The van der Waals surface area contributed by atoms with Crippen molar-refractivity contribution in [2.45, 2.75) is 38.9 Å². The molecule has 0 bridgehead atoms. The van der Waals surface area contributed by atoms with Crippen molar-refractivity contribution < 1.29 is 14.6 Å². The number of fused-ring (bicyclic) bond motifs is 5. The number of carbonyl (C=O) groups is 1. The first-order chi connectivity index (χ1) is 12.7. The molecule has 0 spiro atoms. The number of rotatable bonds is 4. The fourth-order valence-corrected chi connectivity index (χ4v) is 3.51. The molecule has 3 nitrogen and oxygen atoms in total. The topological polar surface area (TPSA) is 46.5 Å². The van der Waals surface area contributed by atoms with Gasteiger partial charge in [-0.15, -0.1) is 0 Å². The second-order valence-corrected chi connectivity index (χ2v) is 8.24. The van der Waals surface area contributed by atoms with Crippen LogP contribution in [0.1, 0.15) is 43.6 Å². The number of hydrogen-bond acceptors (Lipinski definition) is 3. The molecule has 0 fully saturated rings. The summed E-state index contributed by atoms with van der Waals surface area (Å²) in [6.45, 7) is 7.19. The van der Waals surface area contributed by atoms with Crippen LogP contribution in [0.3, 0.4) is 0 Å². The van der Waals surface area contributed by atoms with Gasteiger partial charge < -0.3 is 9.76 Å². The first kappa shape index (κ1) is 18.0. The zero-order valence-corrected chi connectivity index (χ0v) is 16.2. The van der Waals surface area contributed by atoms with Gasteiger partial charge in [0.05, 0.1) is 11.2 Å². The maximum Gasteiger partial charge on any atom is 0.310 e. The van der Waals surface area contributed by atoms with Crippen LogP contribution >= 0.6 is 0 Å². The third-order valence-corrected chi connectivity index (χ3v) is 5.89. The number of aliphatic hydroxyl groups is 1. The number of benzene rings is 3. The highest BCUT2D eigenvalue weighted by Gasteiger charge is 2.37. The minimum atomic E-state index is -0.992. The Morgan fingerprint density at radius 3 is 2.30 bits per heavy atom. The van der Waals surface area contributed by atoms with Crippen molar-refractivity contribution in [3.63, 3.8) is 0 Å². The SMILES string of the molecule is CC(C)(O)C(C)(C)OBc1cccc2c1C(=O)c1c-2ccc2ccccc12. The van der Waals surface area contributed by atoms with E-state index in [4.69, 9.17) is 4.65 Å². The van der Waals surface area contributed by atoms with Crippen LogP contribution in [0.5, 0.6) is 0 Å². The van der Waals surface area contributed by atoms with Gasteiger partial charge in [-0.25, -0.2) is 0 Å². The van der Waals surface area contributed by atoms with Gasteiger partial charge in [0, 0.05) is 11.1 Å². The summed E-state index contributed by atoms with van der Waals surface area (Å²) in [7, 11) is 0.276. The molecule has 0 radical (unpaired) electrons. The van der Waals surface area contributed by atoms with Crippen LogP contribution in [0.15, 0.2) is 54.6 Å². The molecule has 1 aliphatic rings. The largest absolute Gasteiger partial charge is 0.427 e. The number of hydrogen-bond donors (Lipinski definition) is 1. The second-order valence-electron chi connectivity index (χ2n) is 8.24. The average Bonchev–Trinajstić information content (AvgIpc) is 2.93. The highest BCUT2D eigenvalue weighted by Crippen LogP contribution is 2.39. The standard InChI is InChI=1S/C23H23BO3/c1-22(2,26)23(3,4)27-24-18-11-7-10-16-17-13-12-14-8-5-6-9-15(14)19(17)21(25)20(16)18/h5-13,24,26H,1-4H3. The van der Waals surface area contributed by atoms with Crippen molar-refractivity contribution in [3.8, 4) is 11.1 Å². The lowest BCUT2D eigenvalue weighted by Crippen LogP contribution is -2.49. The molecule has 0 aliphatic heterocycles. The van der Waals surface area contributed by atoms with Crippen LogP contribution in [-0.2, 0) is 4.65 Å². The maximum absolute atomic E-state index is 13.3. The molecule has 1 aliphatic carbocycles. The molecular formula is C23H23BO3. The summed E-state index contributed by atoms with van der Waals surface area (Å²) in [5.74, 6) is 0.0528. The van der Waals surface area contributed by atoms with Gasteiger partial charge in [0.2, 0.25) is 0 Å². The Morgan fingerprint density at radius 1 is 0.852 bits per heavy atom. The first-order valence-electron chi connectivity index (χ1n) is 9.26. The zero-order chi connectivity index (χ0) is 19.4. The van der Waals surface area contributed by atoms with E-state index in [0.29, 0.717) is 0 Å². The molecule has 1 N–H and O–H groups in total. The lowest BCUT2D eigenvalue weighted by Gasteiger charge is -2.37. The van der Waals surface area contributed by atoms with E-state index in [1.54, 1.807) is 13.8 Å². The van der Waals surface area contributed by atoms with Gasteiger partial charge in [0.1, 0.15) is 0 Å². The van der Waals surface area contributed by atoms with E-state index in [0.717, 1.165) is 38.5 Å². The number of carbonyl (C=O) groups excluding carboxylic acids is 1. The summed E-state index contributed by atoms with van der Waals surface area (Å²) in [5.41, 5.74) is 2.56. The van der Waals surface area contributed by atoms with Gasteiger partial charge in [-0.05, 0) is 55.1 Å². The summed E-state index contributed by atoms with van der Waals surface area (Å²) in [6.07, 6.45) is 0. The predicted octanol–water partition coefficient (Wildman–Crippen LogP) is 3.59. The molecule has 4 heteroatoms. The summed E-state index contributed by atoms with van der Waals surface area (Å²) in [4.78, 5) is 13.3. The van der Waals surface area contributed by atoms with Gasteiger partial charge in [0.15, 0.2) is 5.78 Å². The minimum Gasteiger partial charge on any atom is -0.427 e. The van der Waals surface area contributed by atoms with Crippen molar-refractivity contribution in [2.24, 2.45) is 0 Å². The van der Waals surface area contributed by atoms with Gasteiger partial charge in [0.25, 0.3) is 0 Å². The Hall–Kier alpha value is -2.43. The summed E-state index contributed by atoms with van der Waals surface area (Å²) in [6, 6.07) is 18.0. The molecule has 0 saturated carbocycles. The van der Waals surface area contributed by atoms with E-state index in [1.807, 2.05) is 62.4 Å². The molecule has 4 rings (SSSR count). The van der Waals surface area contributed by atoms with Gasteiger partial charge >= 0.3 is 7.48 Å². The highest BCUT2D eigenvalue weighted by atomic mass is 16.5. The molecule has 0 atom stereocenters. The van der Waals surface area contributed by atoms with Crippen LogP contribution in [-0.4, -0.2) is 29.6 Å². The number of ketones is 1. The predicted molar refractivity (Wildman–Crippen MR) is 111 cm³/mol. The molecule has 0 saturated heterocycles. The van der Waals surface area contributed by atoms with Crippen LogP contribution in [0, 0.1) is 0 Å². The van der Waals surface area contributed by atoms with Gasteiger partial charge in [-0.1, -0.05) is 54.6 Å². The van der Waals surface area contributed by atoms with Crippen LogP contribution in [0.2, 0.25) is 0 Å². The summed E-state index contributed by atoms with van der Waals surface area (Å²) >= 11 is 0. The minimum absolute atomic E-state index is 0.0528. The quantitative estimate of drug-likeness (QED) is 0.567. The molecule has 0 amide bonds. The van der Waals surface area contributed by atoms with E-state index in [2.05, 4.69) is 6.07 Å². The lowest BCUT2D eigenvalue weighted by atomic mass is 9.79. The Kier molecular flexibility index (Phi) is 4.02. The normalized spacial score (nSPS) is 13.6. The smallest absolute Gasteiger partial charge is 0.310 e. The van der Waals surface area contributed by atoms with E-state index in [1.165, 1.54) is 0 Å². The van der Waals surface area contributed by atoms with Crippen molar-refractivity contribution in [1.29, 1.82) is 0 Å². The Balaban J connectivity index is 1.78. The molecule has 0 aromatic heterocycles. The van der Waals surface area contributed by atoms with Crippen molar-refractivity contribution in [1.82, 2.24) is 0 Å². The van der Waals surface area contributed by atoms with Crippen molar-refractivity contribution in [2.75, 3.05) is 0 Å². The molecule has 0 unspecified atom stereocenters. The van der Waals surface area contributed by atoms with E-state index in [-0.39, 0.29) is 13.3 Å². The first-order valence-corrected chi connectivity index (χ1v) is 9.26. The second kappa shape index (κ2) is 6.05. The monoisotopic (exact) mass is 358 g/mol. The van der Waals surface area contributed by atoms with Crippen LogP contribution in [0.25, 0.3) is 21.9 Å². The van der Waals surface area contributed by atoms with Crippen molar-refractivity contribution >= 4 is 29.5 Å². The van der Waals surface area contributed by atoms with Gasteiger partial charge in [-0.2, -0.15) is 0 Å². The molecule has 3 aromatic carbocycles. The third-order valence-electron chi connectivity index (χ3n) is 5.89. The fraction of sp³-hybridized carbons (Fsp3) is 0.261. The average molecular weight is 358 g/mol. The molecule has 0 heterocycles. The highest BCUT2D eigenvalue weighted by molar-refractivity contribution is 6.52. The van der Waals surface area contributed by atoms with E-state index in [9.17, 15) is 9.90 Å². The summed E-state index contributed by atoms with van der Waals surface area (Å²) < 4.78 is 6.04. The van der Waals surface area contributed by atoms with Crippen LogP contribution in [0.4, 0.5) is 0 Å². The maximum atomic E-state index is 13.3. The van der Waals surface area contributed by atoms with Gasteiger partial charge in [-0.3, -0.25) is 4.79 Å². The van der Waals surface area contributed by atoms with Crippen molar-refractivity contribution in [3.05, 3.63) is 65.7 Å².